The first-order chi connectivity index (χ1) is 12.1. The number of thioether (sulfide) groups is 1. The molecule has 4 rings (SSSR count). The summed E-state index contributed by atoms with van der Waals surface area (Å²) in [6.45, 7) is 2.05. The summed E-state index contributed by atoms with van der Waals surface area (Å²) in [5.41, 5.74) is 5.05. The van der Waals surface area contributed by atoms with Crippen molar-refractivity contribution in [2.75, 3.05) is 6.26 Å². The van der Waals surface area contributed by atoms with Gasteiger partial charge in [0.1, 0.15) is 11.9 Å². The number of aliphatic hydroxyl groups is 1. The molecule has 1 atom stereocenters. The molecule has 2 aromatic heterocycles. The highest BCUT2D eigenvalue weighted by molar-refractivity contribution is 7.98. The maximum atomic E-state index is 11.1. The molecule has 5 nitrogen and oxygen atoms in total. The lowest BCUT2D eigenvalue weighted by Gasteiger charge is -2.15. The van der Waals surface area contributed by atoms with Gasteiger partial charge in [0.2, 0.25) is 0 Å². The number of rotatable bonds is 3. The molecule has 0 spiro atoms. The number of aryl methyl sites for hydroxylation is 1. The molecule has 4 aromatic rings. The first-order valence-electron chi connectivity index (χ1n) is 7.84. The number of nitriles is 1. The lowest BCUT2D eigenvalue weighted by atomic mass is 10.0. The molecule has 0 fully saturated rings. The Labute approximate surface area is 148 Å². The molecule has 0 aliphatic heterocycles. The Kier molecular flexibility index (Phi) is 3.75. The van der Waals surface area contributed by atoms with E-state index in [0.717, 1.165) is 38.0 Å². The van der Waals surface area contributed by atoms with Crippen LogP contribution in [0.15, 0.2) is 41.4 Å². The fourth-order valence-electron chi connectivity index (χ4n) is 3.22. The molecule has 3 N–H and O–H groups in total. The van der Waals surface area contributed by atoms with Crippen LogP contribution in [0.1, 0.15) is 28.6 Å². The van der Waals surface area contributed by atoms with E-state index in [1.165, 1.54) is 0 Å². The van der Waals surface area contributed by atoms with Crippen LogP contribution in [0.2, 0.25) is 0 Å². The third-order valence-corrected chi connectivity index (χ3v) is 5.20. The molecular formula is C19H16N4OS. The maximum absolute atomic E-state index is 11.1. The van der Waals surface area contributed by atoms with Gasteiger partial charge in [0, 0.05) is 27.6 Å². The molecule has 0 radical (unpaired) electrons. The highest BCUT2D eigenvalue weighted by Gasteiger charge is 2.22. The summed E-state index contributed by atoms with van der Waals surface area (Å²) in [5.74, 6) is 0.478. The van der Waals surface area contributed by atoms with Crippen molar-refractivity contribution >= 4 is 33.7 Å². The average Bonchev–Trinajstić information content (AvgIpc) is 3.27. The van der Waals surface area contributed by atoms with E-state index < -0.39 is 6.10 Å². The SMILES string of the molecule is CSc1cc(C)c2[nH]ccc2c1C(O)c1nc2ccc(C#N)cc2[nH]1. The fraction of sp³-hybridized carbons (Fsp3) is 0.158. The second-order valence-corrected chi connectivity index (χ2v) is 6.79. The van der Waals surface area contributed by atoms with Crippen LogP contribution in [0.3, 0.4) is 0 Å². The van der Waals surface area contributed by atoms with E-state index in [1.54, 1.807) is 30.0 Å². The lowest BCUT2D eigenvalue weighted by Crippen LogP contribution is -2.05. The van der Waals surface area contributed by atoms with Crippen LogP contribution in [0, 0.1) is 18.3 Å². The number of hydrogen-bond acceptors (Lipinski definition) is 4. The monoisotopic (exact) mass is 348 g/mol. The Morgan fingerprint density at radius 3 is 2.88 bits per heavy atom. The van der Waals surface area contributed by atoms with E-state index >= 15 is 0 Å². The predicted octanol–water partition coefficient (Wildman–Crippen LogP) is 4.03. The van der Waals surface area contributed by atoms with Gasteiger partial charge in [-0.2, -0.15) is 5.26 Å². The standard InChI is InChI=1S/C19H16N4OS/c1-10-7-15(25-2)16(12-5-6-21-17(10)12)18(24)19-22-13-4-3-11(9-20)8-14(13)23-19/h3-8,18,21,24H,1-2H3,(H,22,23). The smallest absolute Gasteiger partial charge is 0.140 e. The van der Waals surface area contributed by atoms with Crippen molar-refractivity contribution in [3.05, 3.63) is 59.0 Å². The van der Waals surface area contributed by atoms with E-state index in [0.29, 0.717) is 11.4 Å². The quantitative estimate of drug-likeness (QED) is 0.488. The molecular weight excluding hydrogens is 332 g/mol. The van der Waals surface area contributed by atoms with Gasteiger partial charge in [0.25, 0.3) is 0 Å². The van der Waals surface area contributed by atoms with Crippen LogP contribution in [0.5, 0.6) is 0 Å². The van der Waals surface area contributed by atoms with E-state index in [4.69, 9.17) is 5.26 Å². The third-order valence-electron chi connectivity index (χ3n) is 4.43. The van der Waals surface area contributed by atoms with Gasteiger partial charge in [-0.05, 0) is 49.1 Å². The molecule has 0 aliphatic carbocycles. The molecule has 0 saturated carbocycles. The first-order valence-corrected chi connectivity index (χ1v) is 9.07. The largest absolute Gasteiger partial charge is 0.380 e. The number of fused-ring (bicyclic) bond motifs is 2. The molecule has 124 valence electrons. The molecule has 25 heavy (non-hydrogen) atoms. The van der Waals surface area contributed by atoms with Gasteiger partial charge in [0.15, 0.2) is 0 Å². The lowest BCUT2D eigenvalue weighted by molar-refractivity contribution is 0.210. The van der Waals surface area contributed by atoms with E-state index in [9.17, 15) is 5.11 Å². The van der Waals surface area contributed by atoms with Gasteiger partial charge in [-0.15, -0.1) is 11.8 Å². The van der Waals surface area contributed by atoms with Gasteiger partial charge in [-0.25, -0.2) is 4.98 Å². The minimum atomic E-state index is -0.876. The molecule has 1 unspecified atom stereocenters. The Morgan fingerprint density at radius 1 is 1.28 bits per heavy atom. The average molecular weight is 348 g/mol. The zero-order chi connectivity index (χ0) is 17.6. The highest BCUT2D eigenvalue weighted by Crippen LogP contribution is 2.37. The predicted molar refractivity (Wildman–Crippen MR) is 99.7 cm³/mol. The molecule has 6 heteroatoms. The zero-order valence-corrected chi connectivity index (χ0v) is 14.6. The number of aliphatic hydroxyl groups excluding tert-OH is 1. The van der Waals surface area contributed by atoms with Gasteiger partial charge in [0.05, 0.1) is 22.7 Å². The van der Waals surface area contributed by atoms with Crippen molar-refractivity contribution in [2.45, 2.75) is 17.9 Å². The second-order valence-electron chi connectivity index (χ2n) is 5.94. The Balaban J connectivity index is 1.90. The van der Waals surface area contributed by atoms with Crippen molar-refractivity contribution in [3.8, 4) is 6.07 Å². The maximum Gasteiger partial charge on any atom is 0.140 e. The molecule has 0 saturated heterocycles. The van der Waals surface area contributed by atoms with Crippen LogP contribution >= 0.6 is 11.8 Å². The third kappa shape index (κ3) is 2.49. The van der Waals surface area contributed by atoms with E-state index in [1.807, 2.05) is 18.5 Å². The number of imidazole rings is 1. The van der Waals surface area contributed by atoms with Gasteiger partial charge in [-0.1, -0.05) is 0 Å². The van der Waals surface area contributed by atoms with Crippen molar-refractivity contribution in [1.29, 1.82) is 5.26 Å². The minimum Gasteiger partial charge on any atom is -0.380 e. The summed E-state index contributed by atoms with van der Waals surface area (Å²) in [6, 6.07) is 11.4. The number of nitrogens with zero attached hydrogens (tertiary/aromatic N) is 2. The van der Waals surface area contributed by atoms with Crippen LogP contribution in [0.25, 0.3) is 21.9 Å². The summed E-state index contributed by atoms with van der Waals surface area (Å²) in [7, 11) is 0. The summed E-state index contributed by atoms with van der Waals surface area (Å²) >= 11 is 1.61. The van der Waals surface area contributed by atoms with E-state index in [-0.39, 0.29) is 0 Å². The summed E-state index contributed by atoms with van der Waals surface area (Å²) in [4.78, 5) is 11.9. The van der Waals surface area contributed by atoms with E-state index in [2.05, 4.69) is 34.0 Å². The van der Waals surface area contributed by atoms with Crippen molar-refractivity contribution in [1.82, 2.24) is 15.0 Å². The topological polar surface area (TPSA) is 88.5 Å². The first kappa shape index (κ1) is 15.8. The fourth-order valence-corrected chi connectivity index (χ4v) is 3.95. The summed E-state index contributed by atoms with van der Waals surface area (Å²) < 4.78 is 0. The zero-order valence-electron chi connectivity index (χ0n) is 13.8. The molecule has 0 bridgehead atoms. The van der Waals surface area contributed by atoms with Crippen LogP contribution in [0.4, 0.5) is 0 Å². The number of nitrogens with one attached hydrogen (secondary N) is 2. The molecule has 0 amide bonds. The number of hydrogen-bond donors (Lipinski definition) is 3. The number of aromatic amines is 2. The molecule has 2 heterocycles. The highest BCUT2D eigenvalue weighted by atomic mass is 32.2. The van der Waals surface area contributed by atoms with Crippen molar-refractivity contribution in [3.63, 3.8) is 0 Å². The molecule has 0 aliphatic rings. The number of H-pyrrole nitrogens is 2. The normalized spacial score (nSPS) is 12.6. The Morgan fingerprint density at radius 2 is 2.12 bits per heavy atom. The van der Waals surface area contributed by atoms with Crippen molar-refractivity contribution < 1.29 is 5.11 Å². The van der Waals surface area contributed by atoms with Gasteiger partial charge >= 0.3 is 0 Å². The van der Waals surface area contributed by atoms with Crippen LogP contribution in [-0.4, -0.2) is 26.3 Å². The summed E-state index contributed by atoms with van der Waals surface area (Å²) in [6.07, 6.45) is 3.01. The second kappa shape index (κ2) is 5.96. The Bertz CT molecular complexity index is 1140. The molecule has 2 aromatic carbocycles. The van der Waals surface area contributed by atoms with Crippen LogP contribution in [-0.2, 0) is 0 Å². The van der Waals surface area contributed by atoms with Gasteiger partial charge in [-0.3, -0.25) is 0 Å². The van der Waals surface area contributed by atoms with Gasteiger partial charge < -0.3 is 15.1 Å². The summed E-state index contributed by atoms with van der Waals surface area (Å²) in [5, 5.41) is 21.1. The number of benzene rings is 2. The van der Waals surface area contributed by atoms with Crippen molar-refractivity contribution in [2.24, 2.45) is 0 Å². The van der Waals surface area contributed by atoms with Crippen LogP contribution < -0.4 is 0 Å². The number of aromatic nitrogens is 3. The minimum absolute atomic E-state index is 0.478. The Hall–Kier alpha value is -2.75.